The molecule has 26 heavy (non-hydrogen) atoms. The van der Waals surface area contributed by atoms with Gasteiger partial charge in [0.15, 0.2) is 17.5 Å². The fourth-order valence-corrected chi connectivity index (χ4v) is 3.05. The molecule has 0 bridgehead atoms. The van der Waals surface area contributed by atoms with Gasteiger partial charge >= 0.3 is 0 Å². The van der Waals surface area contributed by atoms with Gasteiger partial charge in [0.25, 0.3) is 0 Å². The number of hydrogen-bond acceptors (Lipinski definition) is 5. The molecule has 0 amide bonds. The number of nitrogens with one attached hydrogen (secondary N) is 2. The molecule has 0 unspecified atom stereocenters. The van der Waals surface area contributed by atoms with Gasteiger partial charge in [0, 0.05) is 39.8 Å². The summed E-state index contributed by atoms with van der Waals surface area (Å²) in [5.74, 6) is 2.29. The number of aliphatic imine (C=N–C) groups is 1. The molecule has 0 aromatic heterocycles. The molecule has 1 fully saturated rings. The Balaban J connectivity index is 1.75. The minimum Gasteiger partial charge on any atom is -0.493 e. The number of rotatable bonds is 7. The van der Waals surface area contributed by atoms with Crippen LogP contribution in [0.15, 0.2) is 23.2 Å². The van der Waals surface area contributed by atoms with E-state index in [1.54, 1.807) is 21.3 Å². The van der Waals surface area contributed by atoms with E-state index in [0.717, 1.165) is 49.2 Å². The zero-order valence-electron chi connectivity index (χ0n) is 16.5. The zero-order chi connectivity index (χ0) is 18.8. The standard InChI is InChI=1S/C19H33N5O2/c1-20-19(21-8-11-24-10-5-9-23(2)12-13-24)22-15-16-6-7-17(25-3)18(14-16)26-4/h6-7,14H,5,8-13,15H2,1-4H3,(H2,20,21,22). The number of benzene rings is 1. The van der Waals surface area contributed by atoms with Crippen molar-refractivity contribution in [3.63, 3.8) is 0 Å². The van der Waals surface area contributed by atoms with E-state index < -0.39 is 0 Å². The van der Waals surface area contributed by atoms with Gasteiger partial charge in [0.05, 0.1) is 14.2 Å². The molecule has 2 N–H and O–H groups in total. The third-order valence-corrected chi connectivity index (χ3v) is 4.66. The van der Waals surface area contributed by atoms with Gasteiger partial charge in [-0.15, -0.1) is 0 Å². The molecule has 0 saturated carbocycles. The molecule has 0 radical (unpaired) electrons. The van der Waals surface area contributed by atoms with Crippen molar-refractivity contribution < 1.29 is 9.47 Å². The number of nitrogens with zero attached hydrogens (tertiary/aromatic N) is 3. The van der Waals surface area contributed by atoms with Gasteiger partial charge in [-0.2, -0.15) is 0 Å². The first kappa shape index (κ1) is 20.3. The largest absolute Gasteiger partial charge is 0.493 e. The van der Waals surface area contributed by atoms with Gasteiger partial charge < -0.3 is 29.9 Å². The first-order valence-corrected chi connectivity index (χ1v) is 9.22. The Morgan fingerprint density at radius 3 is 2.62 bits per heavy atom. The van der Waals surface area contributed by atoms with Crippen LogP contribution in [0.4, 0.5) is 0 Å². The van der Waals surface area contributed by atoms with Gasteiger partial charge in [-0.1, -0.05) is 6.07 Å². The van der Waals surface area contributed by atoms with E-state index >= 15 is 0 Å². The maximum atomic E-state index is 5.35. The van der Waals surface area contributed by atoms with E-state index in [4.69, 9.17) is 9.47 Å². The summed E-state index contributed by atoms with van der Waals surface area (Å²) in [6, 6.07) is 5.92. The Labute approximate surface area is 157 Å². The molecule has 0 aliphatic carbocycles. The molecule has 1 aromatic carbocycles. The van der Waals surface area contributed by atoms with Crippen LogP contribution in [0, 0.1) is 0 Å². The summed E-state index contributed by atoms with van der Waals surface area (Å²) in [5, 5.41) is 6.74. The highest BCUT2D eigenvalue weighted by atomic mass is 16.5. The highest BCUT2D eigenvalue weighted by Crippen LogP contribution is 2.27. The van der Waals surface area contributed by atoms with Crippen molar-refractivity contribution in [2.24, 2.45) is 4.99 Å². The van der Waals surface area contributed by atoms with Crippen molar-refractivity contribution in [3.8, 4) is 11.5 Å². The van der Waals surface area contributed by atoms with Crippen molar-refractivity contribution in [2.75, 3.05) is 67.6 Å². The normalized spacial score (nSPS) is 16.8. The molecule has 1 saturated heterocycles. The van der Waals surface area contributed by atoms with E-state index in [1.807, 2.05) is 18.2 Å². The molecule has 146 valence electrons. The maximum absolute atomic E-state index is 5.35. The Kier molecular flexibility index (Phi) is 8.50. The number of methoxy groups -OCH3 is 2. The number of likely N-dealkylation sites (N-methyl/N-ethyl adjacent to an activating group) is 1. The summed E-state index contributed by atoms with van der Waals surface area (Å²) in [5.41, 5.74) is 1.11. The molecule has 1 aliphatic heterocycles. The lowest BCUT2D eigenvalue weighted by Gasteiger charge is -2.21. The molecular weight excluding hydrogens is 330 g/mol. The number of guanidine groups is 1. The van der Waals surface area contributed by atoms with E-state index in [2.05, 4.69) is 32.5 Å². The summed E-state index contributed by atoms with van der Waals surface area (Å²) >= 11 is 0. The second-order valence-electron chi connectivity index (χ2n) is 6.54. The molecule has 1 heterocycles. The van der Waals surface area contributed by atoms with Crippen molar-refractivity contribution in [3.05, 3.63) is 23.8 Å². The van der Waals surface area contributed by atoms with Gasteiger partial charge in [-0.3, -0.25) is 4.99 Å². The van der Waals surface area contributed by atoms with Crippen molar-refractivity contribution in [1.82, 2.24) is 20.4 Å². The third-order valence-electron chi connectivity index (χ3n) is 4.66. The molecular formula is C19H33N5O2. The Bertz CT molecular complexity index is 579. The van der Waals surface area contributed by atoms with Crippen LogP contribution in [-0.4, -0.2) is 83.3 Å². The quantitative estimate of drug-likeness (QED) is 0.557. The Morgan fingerprint density at radius 2 is 1.88 bits per heavy atom. The summed E-state index contributed by atoms with van der Waals surface area (Å²) in [6.07, 6.45) is 1.24. The van der Waals surface area contributed by atoms with Crippen LogP contribution in [0.5, 0.6) is 11.5 Å². The number of hydrogen-bond donors (Lipinski definition) is 2. The van der Waals surface area contributed by atoms with Crippen molar-refractivity contribution >= 4 is 5.96 Å². The number of ether oxygens (including phenoxy) is 2. The third kappa shape index (κ3) is 6.38. The highest BCUT2D eigenvalue weighted by Gasteiger charge is 2.11. The topological polar surface area (TPSA) is 61.4 Å². The molecule has 1 aliphatic rings. The van der Waals surface area contributed by atoms with Gasteiger partial charge in [0.2, 0.25) is 0 Å². The van der Waals surface area contributed by atoms with Crippen LogP contribution in [0.3, 0.4) is 0 Å². The fourth-order valence-electron chi connectivity index (χ4n) is 3.05. The minimum absolute atomic E-state index is 0.675. The van der Waals surface area contributed by atoms with E-state index in [0.29, 0.717) is 6.54 Å². The van der Waals surface area contributed by atoms with Crippen LogP contribution in [0.25, 0.3) is 0 Å². The first-order chi connectivity index (χ1) is 12.7. The van der Waals surface area contributed by atoms with E-state index in [-0.39, 0.29) is 0 Å². The first-order valence-electron chi connectivity index (χ1n) is 9.22. The summed E-state index contributed by atoms with van der Waals surface area (Å²) in [6.45, 7) is 7.24. The molecule has 7 heteroatoms. The summed E-state index contributed by atoms with van der Waals surface area (Å²) in [7, 11) is 7.28. The molecule has 7 nitrogen and oxygen atoms in total. The van der Waals surface area contributed by atoms with E-state index in [1.165, 1.54) is 19.5 Å². The molecule has 0 spiro atoms. The van der Waals surface area contributed by atoms with Crippen molar-refractivity contribution in [2.45, 2.75) is 13.0 Å². The lowest BCUT2D eigenvalue weighted by atomic mass is 10.2. The van der Waals surface area contributed by atoms with Gasteiger partial charge in [0.1, 0.15) is 0 Å². The van der Waals surface area contributed by atoms with Crippen LogP contribution in [0.2, 0.25) is 0 Å². The fraction of sp³-hybridized carbons (Fsp3) is 0.632. The van der Waals surface area contributed by atoms with Crippen LogP contribution >= 0.6 is 0 Å². The van der Waals surface area contributed by atoms with Gasteiger partial charge in [-0.25, -0.2) is 0 Å². The second-order valence-corrected chi connectivity index (χ2v) is 6.54. The average Bonchev–Trinajstić information content (AvgIpc) is 2.88. The summed E-state index contributed by atoms with van der Waals surface area (Å²) < 4.78 is 10.6. The Hall–Kier alpha value is -1.99. The molecule has 1 aromatic rings. The highest BCUT2D eigenvalue weighted by molar-refractivity contribution is 5.79. The second kappa shape index (κ2) is 10.9. The monoisotopic (exact) mass is 363 g/mol. The van der Waals surface area contributed by atoms with Crippen LogP contribution < -0.4 is 20.1 Å². The summed E-state index contributed by atoms with van der Waals surface area (Å²) in [4.78, 5) is 9.22. The maximum Gasteiger partial charge on any atom is 0.191 e. The van der Waals surface area contributed by atoms with Crippen LogP contribution in [-0.2, 0) is 6.54 Å². The van der Waals surface area contributed by atoms with Crippen molar-refractivity contribution in [1.29, 1.82) is 0 Å². The Morgan fingerprint density at radius 1 is 1.08 bits per heavy atom. The zero-order valence-corrected chi connectivity index (χ0v) is 16.5. The van der Waals surface area contributed by atoms with Gasteiger partial charge in [-0.05, 0) is 44.3 Å². The van der Waals surface area contributed by atoms with Crippen LogP contribution in [0.1, 0.15) is 12.0 Å². The van der Waals surface area contributed by atoms with E-state index in [9.17, 15) is 0 Å². The predicted octanol–water partition coefficient (Wildman–Crippen LogP) is 1.01. The molecule has 0 atom stereocenters. The average molecular weight is 364 g/mol. The molecule has 2 rings (SSSR count). The predicted molar refractivity (Wildman–Crippen MR) is 106 cm³/mol. The minimum atomic E-state index is 0.675. The lowest BCUT2D eigenvalue weighted by Crippen LogP contribution is -2.42. The SMILES string of the molecule is CN=C(NCCN1CCCN(C)CC1)NCc1ccc(OC)c(OC)c1. The smallest absolute Gasteiger partial charge is 0.191 e. The lowest BCUT2D eigenvalue weighted by molar-refractivity contribution is 0.280.